The fraction of sp³-hybridized carbons (Fsp3) is 0.103. The van der Waals surface area contributed by atoms with Gasteiger partial charge in [-0.3, -0.25) is 9.36 Å². The Kier molecular flexibility index (Phi) is 6.16. The van der Waals surface area contributed by atoms with E-state index in [1.807, 2.05) is 79.7 Å². The van der Waals surface area contributed by atoms with Crippen molar-refractivity contribution in [3.8, 4) is 23.3 Å². The smallest absolute Gasteiger partial charge is 0.232 e. The molecule has 0 saturated carbocycles. The maximum Gasteiger partial charge on any atom is 0.232 e. The number of nitrogen functional groups attached to an aromatic ring is 1. The van der Waals surface area contributed by atoms with Crippen molar-refractivity contribution in [3.63, 3.8) is 0 Å². The first-order chi connectivity index (χ1) is 17.5. The van der Waals surface area contributed by atoms with Gasteiger partial charge in [0.1, 0.15) is 28.5 Å². The topological polar surface area (TPSA) is 108 Å². The van der Waals surface area contributed by atoms with Gasteiger partial charge in [-0.25, -0.2) is 4.98 Å². The van der Waals surface area contributed by atoms with Crippen LogP contribution in [-0.2, 0) is 0 Å². The molecule has 5 aromatic rings. The van der Waals surface area contributed by atoms with Gasteiger partial charge in [0.05, 0.1) is 16.6 Å². The quantitative estimate of drug-likeness (QED) is 0.291. The lowest BCUT2D eigenvalue weighted by Crippen LogP contribution is -2.11. The molecule has 6 nitrogen and oxygen atoms in total. The Bertz CT molecular complexity index is 1670. The summed E-state index contributed by atoms with van der Waals surface area (Å²) in [4.78, 5) is 17.7. The van der Waals surface area contributed by atoms with Gasteiger partial charge in [0, 0.05) is 28.5 Å². The Balaban J connectivity index is 1.47. The molecule has 0 bridgehead atoms. The van der Waals surface area contributed by atoms with Gasteiger partial charge in [0.15, 0.2) is 0 Å². The highest BCUT2D eigenvalue weighted by atomic mass is 32.2. The Morgan fingerprint density at radius 3 is 2.08 bits per heavy atom. The first-order valence-corrected chi connectivity index (χ1v) is 12.4. The first-order valence-electron chi connectivity index (χ1n) is 11.4. The standard InChI is InChI=1S/C29H21N5OS/c1-18-10-12-19(13-11-18)27-22(16-30)28(32)33-29(23(27)17-31)36-15-14-26(35)34-24-8-4-2-6-20(24)21-7-3-5-9-25(21)34/h2-13H,14-15H2,1H3,(H2,32,33). The monoisotopic (exact) mass is 487 g/mol. The van der Waals surface area contributed by atoms with Crippen LogP contribution in [0.15, 0.2) is 77.8 Å². The van der Waals surface area contributed by atoms with Crippen molar-refractivity contribution >= 4 is 45.3 Å². The lowest BCUT2D eigenvalue weighted by Gasteiger charge is -2.13. The molecule has 3 aromatic carbocycles. The van der Waals surface area contributed by atoms with Crippen molar-refractivity contribution in [2.75, 3.05) is 11.5 Å². The summed E-state index contributed by atoms with van der Waals surface area (Å²) >= 11 is 1.30. The summed E-state index contributed by atoms with van der Waals surface area (Å²) < 4.78 is 1.76. The second-order valence-corrected chi connectivity index (χ2v) is 9.46. The number of nitriles is 2. The number of anilines is 1. The molecule has 2 heterocycles. The van der Waals surface area contributed by atoms with E-state index in [9.17, 15) is 15.3 Å². The summed E-state index contributed by atoms with van der Waals surface area (Å²) in [6, 6.07) is 27.6. The number of hydrogen-bond acceptors (Lipinski definition) is 6. The highest BCUT2D eigenvalue weighted by Crippen LogP contribution is 2.36. The second-order valence-electron chi connectivity index (χ2n) is 8.38. The van der Waals surface area contributed by atoms with Crippen LogP contribution in [0.25, 0.3) is 32.9 Å². The van der Waals surface area contributed by atoms with E-state index in [2.05, 4.69) is 17.1 Å². The molecule has 36 heavy (non-hydrogen) atoms. The number of nitrogens with zero attached hydrogens (tertiary/aromatic N) is 4. The van der Waals surface area contributed by atoms with E-state index in [1.165, 1.54) is 11.8 Å². The minimum absolute atomic E-state index is 0.0428. The number of benzene rings is 3. The highest BCUT2D eigenvalue weighted by Gasteiger charge is 2.21. The first kappa shape index (κ1) is 23.2. The number of carbonyl (C=O) groups excluding carboxylic acids is 1. The molecule has 0 aliphatic rings. The third-order valence-corrected chi connectivity index (χ3v) is 7.12. The molecule has 174 valence electrons. The van der Waals surface area contributed by atoms with Crippen LogP contribution in [0.3, 0.4) is 0 Å². The van der Waals surface area contributed by atoms with Crippen LogP contribution in [0.4, 0.5) is 5.82 Å². The van der Waals surface area contributed by atoms with Crippen LogP contribution in [0.5, 0.6) is 0 Å². The van der Waals surface area contributed by atoms with Crippen molar-refractivity contribution in [2.45, 2.75) is 18.4 Å². The number of fused-ring (bicyclic) bond motifs is 3. The van der Waals surface area contributed by atoms with Crippen molar-refractivity contribution in [2.24, 2.45) is 0 Å². The minimum Gasteiger partial charge on any atom is -0.383 e. The number of thioether (sulfide) groups is 1. The Labute approximate surface area is 212 Å². The number of aromatic nitrogens is 2. The normalized spacial score (nSPS) is 10.9. The zero-order chi connectivity index (χ0) is 25.2. The molecule has 7 heteroatoms. The van der Waals surface area contributed by atoms with Crippen LogP contribution < -0.4 is 5.73 Å². The van der Waals surface area contributed by atoms with Crippen molar-refractivity contribution in [1.82, 2.24) is 9.55 Å². The van der Waals surface area contributed by atoms with E-state index < -0.39 is 0 Å². The molecular weight excluding hydrogens is 466 g/mol. The number of pyridine rings is 1. The SMILES string of the molecule is Cc1ccc(-c2c(C#N)c(N)nc(SCCC(=O)n3c4ccccc4c4ccccc43)c2C#N)cc1. The van der Waals surface area contributed by atoms with Crippen LogP contribution in [0, 0.1) is 29.6 Å². The summed E-state index contributed by atoms with van der Waals surface area (Å²) in [5.74, 6) is 0.433. The van der Waals surface area contributed by atoms with Crippen molar-refractivity contribution in [3.05, 3.63) is 89.5 Å². The molecule has 0 amide bonds. The average Bonchev–Trinajstić information content (AvgIpc) is 3.23. The van der Waals surface area contributed by atoms with Gasteiger partial charge in [0.2, 0.25) is 5.91 Å². The van der Waals surface area contributed by atoms with E-state index >= 15 is 0 Å². The number of carbonyl (C=O) groups is 1. The zero-order valence-corrected chi connectivity index (χ0v) is 20.3. The molecule has 0 radical (unpaired) electrons. The summed E-state index contributed by atoms with van der Waals surface area (Å²) in [6.45, 7) is 1.97. The molecule has 2 aromatic heterocycles. The summed E-state index contributed by atoms with van der Waals surface area (Å²) in [5.41, 5.74) is 10.6. The fourth-order valence-electron chi connectivity index (χ4n) is 4.45. The molecular formula is C29H21N5OS. The molecule has 5 rings (SSSR count). The predicted octanol–water partition coefficient (Wildman–Crippen LogP) is 6.31. The molecule has 0 aliphatic carbocycles. The molecule has 0 aliphatic heterocycles. The summed E-state index contributed by atoms with van der Waals surface area (Å²) in [5, 5.41) is 22.2. The van der Waals surface area contributed by atoms with E-state index in [-0.39, 0.29) is 23.7 Å². The van der Waals surface area contributed by atoms with Crippen LogP contribution in [0.1, 0.15) is 27.9 Å². The zero-order valence-electron chi connectivity index (χ0n) is 19.5. The number of nitrogens with two attached hydrogens (primary N) is 1. The Morgan fingerprint density at radius 2 is 1.50 bits per heavy atom. The number of para-hydroxylation sites is 2. The largest absolute Gasteiger partial charge is 0.383 e. The van der Waals surface area contributed by atoms with Gasteiger partial charge in [-0.15, -0.1) is 11.8 Å². The van der Waals surface area contributed by atoms with Gasteiger partial charge in [-0.05, 0) is 24.6 Å². The van der Waals surface area contributed by atoms with E-state index in [0.717, 1.165) is 32.9 Å². The maximum absolute atomic E-state index is 13.4. The number of hydrogen-bond donors (Lipinski definition) is 1. The summed E-state index contributed by atoms with van der Waals surface area (Å²) in [6.07, 6.45) is 0.236. The predicted molar refractivity (Wildman–Crippen MR) is 144 cm³/mol. The number of rotatable bonds is 5. The third-order valence-electron chi connectivity index (χ3n) is 6.14. The lowest BCUT2D eigenvalue weighted by atomic mass is 9.96. The van der Waals surface area contributed by atoms with Gasteiger partial charge in [-0.1, -0.05) is 66.2 Å². The van der Waals surface area contributed by atoms with Gasteiger partial charge < -0.3 is 5.73 Å². The second kappa shape index (κ2) is 9.58. The third kappa shape index (κ3) is 3.96. The minimum atomic E-state index is -0.0428. The Morgan fingerprint density at radius 1 is 0.917 bits per heavy atom. The fourth-order valence-corrected chi connectivity index (χ4v) is 5.37. The van der Waals surface area contributed by atoms with E-state index in [4.69, 9.17) is 5.73 Å². The van der Waals surface area contributed by atoms with Gasteiger partial charge in [-0.2, -0.15) is 10.5 Å². The van der Waals surface area contributed by atoms with Gasteiger partial charge in [0.25, 0.3) is 0 Å². The molecule has 0 unspecified atom stereocenters. The van der Waals surface area contributed by atoms with Crippen molar-refractivity contribution < 1.29 is 4.79 Å². The lowest BCUT2D eigenvalue weighted by molar-refractivity contribution is 0.0920. The molecule has 0 spiro atoms. The van der Waals surface area contributed by atoms with E-state index in [1.54, 1.807) is 4.57 Å². The molecule has 0 atom stereocenters. The van der Waals surface area contributed by atoms with Crippen molar-refractivity contribution in [1.29, 1.82) is 10.5 Å². The van der Waals surface area contributed by atoms with Crippen LogP contribution in [0.2, 0.25) is 0 Å². The molecule has 0 saturated heterocycles. The Hall–Kier alpha value is -4.59. The maximum atomic E-state index is 13.4. The van der Waals surface area contributed by atoms with Crippen LogP contribution in [-0.4, -0.2) is 21.2 Å². The summed E-state index contributed by atoms with van der Waals surface area (Å²) in [7, 11) is 0. The number of aryl methyl sites for hydroxylation is 1. The highest BCUT2D eigenvalue weighted by molar-refractivity contribution is 7.99. The van der Waals surface area contributed by atoms with E-state index in [0.29, 0.717) is 21.9 Å². The molecule has 2 N–H and O–H groups in total. The molecule has 0 fully saturated rings. The van der Waals surface area contributed by atoms with Crippen LogP contribution >= 0.6 is 11.8 Å². The average molecular weight is 488 g/mol. The van der Waals surface area contributed by atoms with Gasteiger partial charge >= 0.3 is 0 Å².